The van der Waals surface area contributed by atoms with Gasteiger partial charge < -0.3 is 4.90 Å². The smallest absolute Gasteiger partial charge is 0.323 e. The maximum Gasteiger partial charge on any atom is 0.323 e. The van der Waals surface area contributed by atoms with Crippen molar-refractivity contribution < 1.29 is 9.18 Å². The van der Waals surface area contributed by atoms with Crippen LogP contribution in [0.2, 0.25) is 0 Å². The minimum atomic E-state index is -0.265. The number of aromatic nitrogens is 3. The normalized spacial score (nSPS) is 10.6. The topological polar surface area (TPSA) is 73.9 Å². The summed E-state index contributed by atoms with van der Waals surface area (Å²) >= 11 is 1.38. The number of halogens is 1. The monoisotopic (exact) mass is 359 g/mol. The third-order valence-electron chi connectivity index (χ3n) is 3.70. The molecule has 2 heterocycles. The predicted octanol–water partition coefficient (Wildman–Crippen LogP) is 3.77. The molecule has 2 N–H and O–H groups in total. The van der Waals surface area contributed by atoms with E-state index in [4.69, 9.17) is 0 Å². The fourth-order valence-corrected chi connectivity index (χ4v) is 2.86. The molecule has 0 saturated heterocycles. The Balaban J connectivity index is 1.47. The number of hydrogen-bond donors (Lipinski definition) is 2. The molecule has 0 atom stereocenters. The lowest BCUT2D eigenvalue weighted by molar-refractivity contribution is 0.222. The summed E-state index contributed by atoms with van der Waals surface area (Å²) in [5, 5.41) is 12.4. The van der Waals surface area contributed by atoms with Crippen molar-refractivity contribution in [3.8, 4) is 11.3 Å². The average Bonchev–Trinajstić information content (AvgIpc) is 3.27. The van der Waals surface area contributed by atoms with Gasteiger partial charge in [-0.1, -0.05) is 0 Å². The number of hydrogen-bond acceptors (Lipinski definition) is 4. The van der Waals surface area contributed by atoms with Crippen molar-refractivity contribution in [2.75, 3.05) is 18.9 Å². The number of carbonyl (C=O) groups is 1. The van der Waals surface area contributed by atoms with Crippen molar-refractivity contribution in [3.63, 3.8) is 0 Å². The van der Waals surface area contributed by atoms with Crippen LogP contribution in [0.25, 0.3) is 11.3 Å². The molecule has 0 bridgehead atoms. The van der Waals surface area contributed by atoms with Gasteiger partial charge in [0.2, 0.25) is 0 Å². The summed E-state index contributed by atoms with van der Waals surface area (Å²) in [6.07, 6.45) is 3.22. The molecule has 0 unspecified atom stereocenters. The minimum Gasteiger partial charge on any atom is -0.328 e. The molecule has 0 aliphatic heterocycles. The van der Waals surface area contributed by atoms with Crippen LogP contribution in [0.15, 0.2) is 41.9 Å². The molecule has 3 aromatic rings. The number of nitrogens with zero attached hydrogens (tertiary/aromatic N) is 3. The number of anilines is 1. The Bertz CT molecular complexity index is 816. The first-order valence-corrected chi connectivity index (χ1v) is 8.71. The summed E-state index contributed by atoms with van der Waals surface area (Å²) in [5.41, 5.74) is 2.63. The van der Waals surface area contributed by atoms with E-state index in [9.17, 15) is 9.18 Å². The third-order valence-corrected chi connectivity index (χ3v) is 4.39. The molecule has 2 amide bonds. The zero-order valence-electron chi connectivity index (χ0n) is 13.7. The summed E-state index contributed by atoms with van der Waals surface area (Å²) in [6.45, 7) is 0.613. The van der Waals surface area contributed by atoms with E-state index in [-0.39, 0.29) is 11.8 Å². The summed E-state index contributed by atoms with van der Waals surface area (Å²) in [5.74, 6) is -0.265. The van der Waals surface area contributed by atoms with Gasteiger partial charge in [-0.3, -0.25) is 10.4 Å². The molecular weight excluding hydrogens is 341 g/mol. The highest BCUT2D eigenvalue weighted by Crippen LogP contribution is 2.18. The lowest BCUT2D eigenvalue weighted by Gasteiger charge is -2.16. The summed E-state index contributed by atoms with van der Waals surface area (Å²) in [4.78, 5) is 17.7. The minimum absolute atomic E-state index is 0.174. The van der Waals surface area contributed by atoms with Gasteiger partial charge in [0.25, 0.3) is 0 Å². The molecule has 130 valence electrons. The second-order valence-electron chi connectivity index (χ2n) is 5.58. The van der Waals surface area contributed by atoms with E-state index in [1.807, 2.05) is 11.4 Å². The third kappa shape index (κ3) is 4.63. The van der Waals surface area contributed by atoms with Crippen LogP contribution < -0.4 is 5.32 Å². The fourth-order valence-electron chi connectivity index (χ4n) is 2.34. The number of H-pyrrole nitrogens is 1. The van der Waals surface area contributed by atoms with Crippen molar-refractivity contribution in [2.45, 2.75) is 12.8 Å². The maximum atomic E-state index is 13.0. The average molecular weight is 359 g/mol. The van der Waals surface area contributed by atoms with Gasteiger partial charge >= 0.3 is 6.03 Å². The first kappa shape index (κ1) is 17.1. The summed E-state index contributed by atoms with van der Waals surface area (Å²) < 4.78 is 13.0. The largest absolute Gasteiger partial charge is 0.328 e. The Labute approximate surface area is 148 Å². The second-order valence-corrected chi connectivity index (χ2v) is 6.47. The van der Waals surface area contributed by atoms with Crippen LogP contribution in [0.5, 0.6) is 0 Å². The van der Waals surface area contributed by atoms with E-state index in [0.29, 0.717) is 11.7 Å². The van der Waals surface area contributed by atoms with Gasteiger partial charge in [-0.05, 0) is 43.2 Å². The molecule has 25 heavy (non-hydrogen) atoms. The first-order valence-electron chi connectivity index (χ1n) is 7.83. The molecule has 6 nitrogen and oxygen atoms in total. The molecule has 0 aliphatic rings. The Morgan fingerprint density at radius 1 is 1.36 bits per heavy atom. The Hall–Kier alpha value is -2.74. The molecule has 1 aromatic carbocycles. The quantitative estimate of drug-likeness (QED) is 0.704. The predicted molar refractivity (Wildman–Crippen MR) is 96.1 cm³/mol. The number of urea groups is 1. The van der Waals surface area contributed by atoms with Gasteiger partial charge in [0.1, 0.15) is 5.82 Å². The Morgan fingerprint density at radius 3 is 2.88 bits per heavy atom. The van der Waals surface area contributed by atoms with Crippen LogP contribution >= 0.6 is 11.3 Å². The van der Waals surface area contributed by atoms with Gasteiger partial charge in [-0.25, -0.2) is 14.2 Å². The van der Waals surface area contributed by atoms with Crippen molar-refractivity contribution in [3.05, 3.63) is 53.4 Å². The molecule has 8 heteroatoms. The van der Waals surface area contributed by atoms with E-state index in [1.165, 1.54) is 23.5 Å². The molecular formula is C17H18FN5OS. The number of benzene rings is 1. The number of amides is 2. The van der Waals surface area contributed by atoms with E-state index in [2.05, 4.69) is 20.5 Å². The van der Waals surface area contributed by atoms with Crippen molar-refractivity contribution in [2.24, 2.45) is 0 Å². The number of aryl methyl sites for hydroxylation is 1. The number of rotatable bonds is 6. The van der Waals surface area contributed by atoms with Crippen LogP contribution in [-0.2, 0) is 6.42 Å². The van der Waals surface area contributed by atoms with E-state index in [1.54, 1.807) is 30.3 Å². The van der Waals surface area contributed by atoms with Gasteiger partial charge in [-0.2, -0.15) is 5.10 Å². The zero-order chi connectivity index (χ0) is 17.6. The van der Waals surface area contributed by atoms with Crippen molar-refractivity contribution in [1.82, 2.24) is 20.1 Å². The van der Waals surface area contributed by atoms with Gasteiger partial charge in [-0.15, -0.1) is 11.3 Å². The van der Waals surface area contributed by atoms with Crippen LogP contribution in [0.1, 0.15) is 12.1 Å². The Morgan fingerprint density at radius 2 is 2.16 bits per heavy atom. The highest BCUT2D eigenvalue weighted by Gasteiger charge is 2.10. The maximum absolute atomic E-state index is 13.0. The summed E-state index contributed by atoms with van der Waals surface area (Å²) in [6, 6.07) is 8.01. The van der Waals surface area contributed by atoms with Crippen molar-refractivity contribution >= 4 is 22.5 Å². The number of thiazole rings is 1. The van der Waals surface area contributed by atoms with Crippen molar-refractivity contribution in [1.29, 1.82) is 0 Å². The van der Waals surface area contributed by atoms with E-state index in [0.717, 1.165) is 29.8 Å². The number of nitrogens with one attached hydrogen (secondary N) is 2. The van der Waals surface area contributed by atoms with E-state index >= 15 is 0 Å². The van der Waals surface area contributed by atoms with Gasteiger partial charge in [0.05, 0.1) is 5.69 Å². The van der Waals surface area contributed by atoms with Crippen LogP contribution in [0, 0.1) is 5.82 Å². The molecule has 3 rings (SSSR count). The lowest BCUT2D eigenvalue weighted by atomic mass is 10.1. The fraction of sp³-hybridized carbons (Fsp3) is 0.235. The molecule has 0 spiro atoms. The lowest BCUT2D eigenvalue weighted by Crippen LogP contribution is -2.32. The Kier molecular flexibility index (Phi) is 5.39. The molecule has 0 saturated carbocycles. The highest BCUT2D eigenvalue weighted by molar-refractivity contribution is 7.13. The molecule has 0 aliphatic carbocycles. The number of aromatic amines is 1. The SMILES string of the molecule is CN(CCCc1cc(-c2ccc(F)cc2)n[nH]1)C(=O)Nc1nccs1. The number of carbonyl (C=O) groups excluding carboxylic acids is 1. The van der Waals surface area contributed by atoms with Gasteiger partial charge in [0, 0.05) is 36.4 Å². The van der Waals surface area contributed by atoms with Crippen LogP contribution in [-0.4, -0.2) is 39.7 Å². The molecule has 2 aromatic heterocycles. The van der Waals surface area contributed by atoms with E-state index < -0.39 is 0 Å². The molecule has 0 radical (unpaired) electrons. The standard InChI is InChI=1S/C17H18FN5OS/c1-23(17(24)20-16-19-8-10-25-16)9-2-3-14-11-15(22-21-14)12-4-6-13(18)7-5-12/h4-8,10-11H,2-3,9H2,1H3,(H,21,22)(H,19,20,24). The second kappa shape index (κ2) is 7.89. The van der Waals surface area contributed by atoms with Gasteiger partial charge in [0.15, 0.2) is 5.13 Å². The highest BCUT2D eigenvalue weighted by atomic mass is 32.1. The summed E-state index contributed by atoms with van der Waals surface area (Å²) in [7, 11) is 1.75. The van der Waals surface area contributed by atoms with Crippen LogP contribution in [0.4, 0.5) is 14.3 Å². The first-order chi connectivity index (χ1) is 12.1. The zero-order valence-corrected chi connectivity index (χ0v) is 14.5. The molecule has 0 fully saturated rings. The van der Waals surface area contributed by atoms with Crippen LogP contribution in [0.3, 0.4) is 0 Å².